The molecule has 1 saturated heterocycles. The van der Waals surface area contributed by atoms with Crippen molar-refractivity contribution in [1.29, 1.82) is 0 Å². The molecule has 2 atom stereocenters. The third-order valence-electron chi connectivity index (χ3n) is 2.91. The van der Waals surface area contributed by atoms with E-state index < -0.39 is 0 Å². The van der Waals surface area contributed by atoms with Crippen LogP contribution in [0.2, 0.25) is 0 Å². The molecule has 0 aliphatic carbocycles. The molecular formula is C12H21N5. The minimum atomic E-state index is 0.497. The molecule has 0 bridgehead atoms. The fourth-order valence-corrected chi connectivity index (χ4v) is 2.24. The molecule has 0 aromatic carbocycles. The molecule has 1 aliphatic heterocycles. The zero-order valence-electron chi connectivity index (χ0n) is 11.0. The minimum absolute atomic E-state index is 0.497. The Bertz CT molecular complexity index is 369. The van der Waals surface area contributed by atoms with Gasteiger partial charge in [0.1, 0.15) is 5.82 Å². The van der Waals surface area contributed by atoms with Gasteiger partial charge in [-0.2, -0.15) is 4.98 Å². The standard InChI is InChI=1S/C12H21N5/c1-9-7-17(8-10(2)14-9)11-5-6-13-12(15-11)16(3)4/h5-6,9-10,14H,7-8H2,1-4H3. The fraction of sp³-hybridized carbons (Fsp3) is 0.667. The van der Waals surface area contributed by atoms with Gasteiger partial charge in [-0.25, -0.2) is 4.98 Å². The first kappa shape index (κ1) is 12.1. The number of nitrogens with one attached hydrogen (secondary N) is 1. The van der Waals surface area contributed by atoms with Crippen molar-refractivity contribution in [2.45, 2.75) is 25.9 Å². The van der Waals surface area contributed by atoms with Crippen LogP contribution in [0.1, 0.15) is 13.8 Å². The van der Waals surface area contributed by atoms with Crippen LogP contribution in [-0.2, 0) is 0 Å². The van der Waals surface area contributed by atoms with Crippen LogP contribution in [0.4, 0.5) is 11.8 Å². The van der Waals surface area contributed by atoms with E-state index in [-0.39, 0.29) is 0 Å². The maximum Gasteiger partial charge on any atom is 0.226 e. The highest BCUT2D eigenvalue weighted by molar-refractivity contribution is 5.44. The second kappa shape index (κ2) is 4.87. The lowest BCUT2D eigenvalue weighted by Crippen LogP contribution is -2.54. The third kappa shape index (κ3) is 2.85. The molecular weight excluding hydrogens is 214 g/mol. The van der Waals surface area contributed by atoms with Gasteiger partial charge in [0, 0.05) is 45.5 Å². The lowest BCUT2D eigenvalue weighted by Gasteiger charge is -2.37. The van der Waals surface area contributed by atoms with Gasteiger partial charge in [0.15, 0.2) is 0 Å². The van der Waals surface area contributed by atoms with Gasteiger partial charge in [0.05, 0.1) is 0 Å². The van der Waals surface area contributed by atoms with Gasteiger partial charge >= 0.3 is 0 Å². The molecule has 0 saturated carbocycles. The Hall–Kier alpha value is -1.36. The highest BCUT2D eigenvalue weighted by Crippen LogP contribution is 2.16. The Morgan fingerprint density at radius 2 is 1.94 bits per heavy atom. The van der Waals surface area contributed by atoms with Crippen LogP contribution < -0.4 is 15.1 Å². The van der Waals surface area contributed by atoms with Gasteiger partial charge in [0.2, 0.25) is 5.95 Å². The maximum absolute atomic E-state index is 4.58. The average molecular weight is 235 g/mol. The topological polar surface area (TPSA) is 44.3 Å². The predicted octanol–water partition coefficient (Wildman–Crippen LogP) is 0.729. The summed E-state index contributed by atoms with van der Waals surface area (Å²) in [6.45, 7) is 6.40. The maximum atomic E-state index is 4.58. The molecule has 1 N–H and O–H groups in total. The summed E-state index contributed by atoms with van der Waals surface area (Å²) in [6.07, 6.45) is 1.83. The average Bonchev–Trinajstić information content (AvgIpc) is 2.28. The highest BCUT2D eigenvalue weighted by Gasteiger charge is 2.22. The molecule has 2 unspecified atom stereocenters. The third-order valence-corrected chi connectivity index (χ3v) is 2.91. The van der Waals surface area contributed by atoms with E-state index in [1.54, 1.807) is 0 Å². The van der Waals surface area contributed by atoms with Crippen molar-refractivity contribution in [2.24, 2.45) is 0 Å². The highest BCUT2D eigenvalue weighted by atomic mass is 15.3. The van der Waals surface area contributed by atoms with Crippen molar-refractivity contribution in [2.75, 3.05) is 37.0 Å². The van der Waals surface area contributed by atoms with Gasteiger partial charge in [-0.05, 0) is 19.9 Å². The van der Waals surface area contributed by atoms with Crippen LogP contribution in [0.3, 0.4) is 0 Å². The summed E-state index contributed by atoms with van der Waals surface area (Å²) in [5, 5.41) is 3.52. The van der Waals surface area contributed by atoms with E-state index in [1.807, 2.05) is 31.3 Å². The predicted molar refractivity (Wildman–Crippen MR) is 70.6 cm³/mol. The van der Waals surface area contributed by atoms with E-state index in [4.69, 9.17) is 0 Å². The quantitative estimate of drug-likeness (QED) is 0.818. The number of anilines is 2. The first-order valence-electron chi connectivity index (χ1n) is 6.07. The van der Waals surface area contributed by atoms with E-state index in [2.05, 4.69) is 34.0 Å². The number of rotatable bonds is 2. The largest absolute Gasteiger partial charge is 0.353 e. The van der Waals surface area contributed by atoms with Gasteiger partial charge < -0.3 is 15.1 Å². The second-order valence-electron chi connectivity index (χ2n) is 4.98. The monoisotopic (exact) mass is 235 g/mol. The van der Waals surface area contributed by atoms with E-state index in [0.717, 1.165) is 24.9 Å². The Morgan fingerprint density at radius 3 is 2.53 bits per heavy atom. The van der Waals surface area contributed by atoms with Crippen LogP contribution >= 0.6 is 0 Å². The zero-order chi connectivity index (χ0) is 12.4. The summed E-state index contributed by atoms with van der Waals surface area (Å²) < 4.78 is 0. The van der Waals surface area contributed by atoms with Crippen LogP contribution in [0.15, 0.2) is 12.3 Å². The Morgan fingerprint density at radius 1 is 1.29 bits per heavy atom. The molecule has 5 heteroatoms. The van der Waals surface area contributed by atoms with Crippen LogP contribution in [-0.4, -0.2) is 49.2 Å². The molecule has 1 aromatic rings. The first-order valence-corrected chi connectivity index (χ1v) is 6.07. The molecule has 94 valence electrons. The molecule has 0 spiro atoms. The number of hydrogen-bond donors (Lipinski definition) is 1. The zero-order valence-corrected chi connectivity index (χ0v) is 11.0. The van der Waals surface area contributed by atoms with Crippen molar-refractivity contribution < 1.29 is 0 Å². The van der Waals surface area contributed by atoms with Crippen LogP contribution in [0.5, 0.6) is 0 Å². The lowest BCUT2D eigenvalue weighted by molar-refractivity contribution is 0.405. The summed E-state index contributed by atoms with van der Waals surface area (Å²) in [6, 6.07) is 2.98. The van der Waals surface area contributed by atoms with Gasteiger partial charge in [0.25, 0.3) is 0 Å². The number of aromatic nitrogens is 2. The smallest absolute Gasteiger partial charge is 0.226 e. The normalized spacial score (nSPS) is 24.8. The number of piperazine rings is 1. The molecule has 17 heavy (non-hydrogen) atoms. The molecule has 5 nitrogen and oxygen atoms in total. The molecule has 0 amide bonds. The van der Waals surface area contributed by atoms with Crippen molar-refractivity contribution in [3.05, 3.63) is 12.3 Å². The van der Waals surface area contributed by atoms with E-state index in [9.17, 15) is 0 Å². The number of hydrogen-bond acceptors (Lipinski definition) is 5. The van der Waals surface area contributed by atoms with Gasteiger partial charge in [-0.3, -0.25) is 0 Å². The van der Waals surface area contributed by atoms with E-state index in [0.29, 0.717) is 12.1 Å². The van der Waals surface area contributed by atoms with Crippen molar-refractivity contribution in [3.63, 3.8) is 0 Å². The molecule has 2 heterocycles. The summed E-state index contributed by atoms with van der Waals surface area (Å²) in [4.78, 5) is 13.1. The number of nitrogens with zero attached hydrogens (tertiary/aromatic N) is 4. The second-order valence-corrected chi connectivity index (χ2v) is 4.98. The van der Waals surface area contributed by atoms with Crippen molar-refractivity contribution in [1.82, 2.24) is 15.3 Å². The summed E-state index contributed by atoms with van der Waals surface area (Å²) in [7, 11) is 3.92. The molecule has 2 rings (SSSR count). The summed E-state index contributed by atoms with van der Waals surface area (Å²) in [5.74, 6) is 1.78. The SMILES string of the molecule is CC1CN(c2ccnc(N(C)C)n2)CC(C)N1. The van der Waals surface area contributed by atoms with Crippen LogP contribution in [0, 0.1) is 0 Å². The lowest BCUT2D eigenvalue weighted by atomic mass is 10.1. The fourth-order valence-electron chi connectivity index (χ4n) is 2.24. The van der Waals surface area contributed by atoms with Crippen molar-refractivity contribution in [3.8, 4) is 0 Å². The summed E-state index contributed by atoms with van der Waals surface area (Å²) in [5.41, 5.74) is 0. The Kier molecular flexibility index (Phi) is 3.47. The van der Waals surface area contributed by atoms with Crippen LogP contribution in [0.25, 0.3) is 0 Å². The van der Waals surface area contributed by atoms with Gasteiger partial charge in [-0.1, -0.05) is 0 Å². The molecule has 1 aliphatic rings. The Balaban J connectivity index is 2.18. The molecule has 0 radical (unpaired) electrons. The van der Waals surface area contributed by atoms with Gasteiger partial charge in [-0.15, -0.1) is 0 Å². The Labute approximate surface area is 103 Å². The first-order chi connectivity index (χ1) is 8.06. The molecule has 1 aromatic heterocycles. The minimum Gasteiger partial charge on any atom is -0.353 e. The van der Waals surface area contributed by atoms with E-state index >= 15 is 0 Å². The van der Waals surface area contributed by atoms with Crippen molar-refractivity contribution >= 4 is 11.8 Å². The van der Waals surface area contributed by atoms with E-state index in [1.165, 1.54) is 0 Å². The summed E-state index contributed by atoms with van der Waals surface area (Å²) >= 11 is 0. The molecule has 1 fully saturated rings.